The number of hydrogen-bond acceptors (Lipinski definition) is 8. The second-order valence-corrected chi connectivity index (χ2v) is 11.6. The number of carbonyl (C=O) groups excluding carboxylic acids is 4. The van der Waals surface area contributed by atoms with E-state index in [0.717, 1.165) is 22.9 Å². The first kappa shape index (κ1) is 32.6. The summed E-state index contributed by atoms with van der Waals surface area (Å²) in [6.07, 6.45) is 2.59. The highest BCUT2D eigenvalue weighted by Crippen LogP contribution is 2.12. The molecule has 0 radical (unpaired) electrons. The average Bonchev–Trinajstić information content (AvgIpc) is 3.06. The molecule has 0 saturated heterocycles. The first-order valence-corrected chi connectivity index (χ1v) is 15.6. The van der Waals surface area contributed by atoms with E-state index in [-0.39, 0.29) is 35.2 Å². The summed E-state index contributed by atoms with van der Waals surface area (Å²) in [5, 5.41) is 5.24. The summed E-state index contributed by atoms with van der Waals surface area (Å²) < 4.78 is 32.6. The van der Waals surface area contributed by atoms with Gasteiger partial charge in [0.25, 0.3) is 21.8 Å². The number of nitrogens with one attached hydrogen (secondary N) is 3. The number of sulfonamides is 1. The molecule has 4 rings (SSSR count). The number of pyridine rings is 1. The minimum atomic E-state index is -4.19. The number of aromatic nitrogens is 1. The molecule has 0 unspecified atom stereocenters. The zero-order valence-corrected chi connectivity index (χ0v) is 25.1. The zero-order valence-electron chi connectivity index (χ0n) is 24.3. The van der Waals surface area contributed by atoms with E-state index in [1.807, 2.05) is 53.3 Å². The highest BCUT2D eigenvalue weighted by atomic mass is 32.2. The van der Waals surface area contributed by atoms with Gasteiger partial charge in [-0.3, -0.25) is 24.2 Å². The van der Waals surface area contributed by atoms with Crippen LogP contribution < -0.4 is 15.4 Å². The van der Waals surface area contributed by atoms with Crippen LogP contribution in [-0.2, 0) is 43.8 Å². The summed E-state index contributed by atoms with van der Waals surface area (Å²) in [5.41, 5.74) is 2.54. The lowest BCUT2D eigenvalue weighted by molar-refractivity contribution is -0.143. The van der Waals surface area contributed by atoms with Crippen molar-refractivity contribution in [2.24, 2.45) is 0 Å². The van der Waals surface area contributed by atoms with Crippen molar-refractivity contribution in [2.45, 2.75) is 30.8 Å². The lowest BCUT2D eigenvalue weighted by atomic mass is 10.1. The standard InChI is InChI=1S/C33H32N4O7S/c38-30(18-13-24-7-3-1-4-8-24)34-20-19-25-11-15-28(16-12-25)45(42,43)37-32(40)27-14-17-29(35-21-27)33(41)36-22-31(39)44-23-26-9-5-2-6-10-26/h1-12,14-17,21H,13,18-20,22-23H2,(H,34,38)(H,36,41)(H,37,40). The molecule has 3 N–H and O–H groups in total. The highest BCUT2D eigenvalue weighted by Gasteiger charge is 2.20. The second-order valence-electron chi connectivity index (χ2n) is 9.93. The van der Waals surface area contributed by atoms with Gasteiger partial charge in [-0.1, -0.05) is 72.8 Å². The molecule has 4 aromatic rings. The third-order valence-corrected chi connectivity index (χ3v) is 7.92. The van der Waals surface area contributed by atoms with Gasteiger partial charge in [-0.15, -0.1) is 0 Å². The Hall–Kier alpha value is -5.36. The van der Waals surface area contributed by atoms with Crippen molar-refractivity contribution in [3.05, 3.63) is 131 Å². The third kappa shape index (κ3) is 10.4. The van der Waals surface area contributed by atoms with Crippen molar-refractivity contribution in [1.29, 1.82) is 0 Å². The van der Waals surface area contributed by atoms with Gasteiger partial charge in [-0.2, -0.15) is 0 Å². The molecule has 1 aromatic heterocycles. The molecule has 12 heteroatoms. The van der Waals surface area contributed by atoms with Gasteiger partial charge in [0.1, 0.15) is 18.8 Å². The molecule has 0 aliphatic heterocycles. The maximum absolute atomic E-state index is 12.8. The first-order valence-electron chi connectivity index (χ1n) is 14.1. The van der Waals surface area contributed by atoms with E-state index in [1.165, 1.54) is 24.3 Å². The molecule has 0 aliphatic carbocycles. The van der Waals surface area contributed by atoms with Crippen molar-refractivity contribution < 1.29 is 32.3 Å². The van der Waals surface area contributed by atoms with Crippen molar-refractivity contribution >= 4 is 33.7 Å². The van der Waals surface area contributed by atoms with Crippen LogP contribution in [-0.4, -0.2) is 50.2 Å². The Morgan fingerprint density at radius 1 is 0.689 bits per heavy atom. The Kier molecular flexibility index (Phi) is 11.5. The van der Waals surface area contributed by atoms with E-state index < -0.39 is 27.8 Å². The van der Waals surface area contributed by atoms with Crippen LogP contribution in [0.5, 0.6) is 0 Å². The Balaban J connectivity index is 1.20. The largest absolute Gasteiger partial charge is 0.460 e. The van der Waals surface area contributed by atoms with Gasteiger partial charge in [0, 0.05) is 19.2 Å². The molecule has 3 aromatic carbocycles. The van der Waals surface area contributed by atoms with Gasteiger partial charge in [-0.05, 0) is 53.8 Å². The fraction of sp³-hybridized carbons (Fsp3) is 0.182. The Labute approximate surface area is 261 Å². The minimum absolute atomic E-state index is 0.0665. The monoisotopic (exact) mass is 628 g/mol. The van der Waals surface area contributed by atoms with Crippen LogP contribution in [0.3, 0.4) is 0 Å². The molecule has 1 heterocycles. The maximum Gasteiger partial charge on any atom is 0.325 e. The molecule has 0 fully saturated rings. The van der Waals surface area contributed by atoms with E-state index in [4.69, 9.17) is 4.74 Å². The molecule has 45 heavy (non-hydrogen) atoms. The van der Waals surface area contributed by atoms with Crippen molar-refractivity contribution in [3.8, 4) is 0 Å². The second kappa shape index (κ2) is 15.9. The highest BCUT2D eigenvalue weighted by molar-refractivity contribution is 7.90. The SMILES string of the molecule is O=C(CCc1ccccc1)NCCc1ccc(S(=O)(=O)NC(=O)c2ccc(C(=O)NCC(=O)OCc3ccccc3)nc2)cc1. The van der Waals surface area contributed by atoms with Gasteiger partial charge in [0.05, 0.1) is 10.5 Å². The summed E-state index contributed by atoms with van der Waals surface area (Å²) in [6.45, 7) is 0.0893. The van der Waals surface area contributed by atoms with Crippen LogP contribution >= 0.6 is 0 Å². The van der Waals surface area contributed by atoms with Crippen LogP contribution in [0, 0.1) is 0 Å². The van der Waals surface area contributed by atoms with Crippen LogP contribution in [0.2, 0.25) is 0 Å². The Morgan fingerprint density at radius 3 is 1.98 bits per heavy atom. The van der Waals surface area contributed by atoms with Gasteiger partial charge >= 0.3 is 5.97 Å². The number of ether oxygens (including phenoxy) is 1. The Bertz CT molecular complexity index is 1710. The summed E-state index contributed by atoms with van der Waals surface area (Å²) in [7, 11) is -4.19. The number of amides is 3. The van der Waals surface area contributed by atoms with Crippen LogP contribution in [0.4, 0.5) is 0 Å². The van der Waals surface area contributed by atoms with Crippen LogP contribution in [0.1, 0.15) is 44.0 Å². The van der Waals surface area contributed by atoms with Crippen LogP contribution in [0.25, 0.3) is 0 Å². The predicted molar refractivity (Wildman–Crippen MR) is 165 cm³/mol. The first-order chi connectivity index (χ1) is 21.7. The summed E-state index contributed by atoms with van der Waals surface area (Å²) in [4.78, 5) is 52.7. The molecular weight excluding hydrogens is 596 g/mol. The van der Waals surface area contributed by atoms with Crippen molar-refractivity contribution in [3.63, 3.8) is 0 Å². The number of carbonyl (C=O) groups is 4. The van der Waals surface area contributed by atoms with Crippen molar-refractivity contribution in [2.75, 3.05) is 13.1 Å². The molecule has 0 saturated carbocycles. The van der Waals surface area contributed by atoms with E-state index in [0.29, 0.717) is 25.8 Å². The zero-order chi connectivity index (χ0) is 32.1. The molecule has 3 amide bonds. The fourth-order valence-corrected chi connectivity index (χ4v) is 5.08. The molecule has 0 bridgehead atoms. The lowest BCUT2D eigenvalue weighted by Crippen LogP contribution is -2.32. The Morgan fingerprint density at radius 2 is 1.33 bits per heavy atom. The number of aryl methyl sites for hydroxylation is 1. The van der Waals surface area contributed by atoms with Gasteiger partial charge in [0.15, 0.2) is 0 Å². The van der Waals surface area contributed by atoms with E-state index in [9.17, 15) is 27.6 Å². The quantitative estimate of drug-likeness (QED) is 0.180. The average molecular weight is 629 g/mol. The maximum atomic E-state index is 12.8. The number of esters is 1. The molecule has 0 atom stereocenters. The normalized spacial score (nSPS) is 10.8. The summed E-state index contributed by atoms with van der Waals surface area (Å²) in [5.74, 6) is -2.30. The van der Waals surface area contributed by atoms with Crippen molar-refractivity contribution in [1.82, 2.24) is 20.3 Å². The molecular formula is C33H32N4O7S. The topological polar surface area (TPSA) is 161 Å². The van der Waals surface area contributed by atoms with Gasteiger partial charge < -0.3 is 15.4 Å². The lowest BCUT2D eigenvalue weighted by Gasteiger charge is -2.09. The number of rotatable bonds is 14. The van der Waals surface area contributed by atoms with Gasteiger partial charge in [-0.25, -0.2) is 13.1 Å². The number of nitrogens with zero attached hydrogens (tertiary/aromatic N) is 1. The summed E-state index contributed by atoms with van der Waals surface area (Å²) in [6, 6.07) is 27.2. The third-order valence-electron chi connectivity index (χ3n) is 6.57. The minimum Gasteiger partial charge on any atom is -0.460 e. The number of hydrogen-bond donors (Lipinski definition) is 3. The smallest absolute Gasteiger partial charge is 0.325 e. The van der Waals surface area contributed by atoms with E-state index in [2.05, 4.69) is 15.6 Å². The number of benzene rings is 3. The van der Waals surface area contributed by atoms with E-state index >= 15 is 0 Å². The summed E-state index contributed by atoms with van der Waals surface area (Å²) >= 11 is 0. The fourth-order valence-electron chi connectivity index (χ4n) is 4.11. The van der Waals surface area contributed by atoms with Gasteiger partial charge in [0.2, 0.25) is 5.91 Å². The van der Waals surface area contributed by atoms with Crippen LogP contribution in [0.15, 0.2) is 108 Å². The van der Waals surface area contributed by atoms with E-state index in [1.54, 1.807) is 24.3 Å². The predicted octanol–water partition coefficient (Wildman–Crippen LogP) is 2.97. The molecule has 0 aliphatic rings. The molecule has 11 nitrogen and oxygen atoms in total. The molecule has 0 spiro atoms. The molecule has 232 valence electrons.